The summed E-state index contributed by atoms with van der Waals surface area (Å²) in [5, 5.41) is 21.8. The van der Waals surface area contributed by atoms with Gasteiger partial charge in [0, 0.05) is 40.2 Å². The number of aryl methyl sites for hydroxylation is 2. The van der Waals surface area contributed by atoms with E-state index >= 15 is 0 Å². The van der Waals surface area contributed by atoms with Crippen LogP contribution in [0.15, 0.2) is 36.4 Å². The van der Waals surface area contributed by atoms with E-state index in [1.165, 1.54) is 11.9 Å². The maximum absolute atomic E-state index is 12.8. The fourth-order valence-electron chi connectivity index (χ4n) is 3.83. The number of pyridine rings is 1. The second-order valence-electron chi connectivity index (χ2n) is 7.62. The molecule has 0 spiro atoms. The van der Waals surface area contributed by atoms with Gasteiger partial charge in [0.15, 0.2) is 5.50 Å². The topological polar surface area (TPSA) is 107 Å². The maximum atomic E-state index is 12.8. The van der Waals surface area contributed by atoms with Crippen molar-refractivity contribution in [2.45, 2.75) is 31.0 Å². The van der Waals surface area contributed by atoms with Crippen molar-refractivity contribution in [2.24, 2.45) is 5.14 Å². The SMILES string of the molecule is Cc1cc(C2=C(c3cccc(C#N)c3)NC(NC(=O)N3CCC(SN)C3)S2)cc(C)n1. The Morgan fingerprint density at radius 3 is 2.77 bits per heavy atom. The number of benzene rings is 1. The average Bonchev–Trinajstić information content (AvgIpc) is 3.40. The Balaban J connectivity index is 1.61. The first kappa shape index (κ1) is 21.6. The van der Waals surface area contributed by atoms with E-state index in [1.807, 2.05) is 49.1 Å². The van der Waals surface area contributed by atoms with Gasteiger partial charge >= 0.3 is 6.03 Å². The third kappa shape index (κ3) is 4.82. The standard InChI is InChI=1S/C22H24N6OS2/c1-13-8-17(9-14(2)25-13)20-19(16-5-3-4-15(10-16)11-23)26-21(30-20)27-22(29)28-7-6-18(12-28)31-24/h3-5,8-10,18,21,26H,6-7,12,24H2,1-2H3,(H,27,29). The molecule has 4 rings (SSSR count). The molecule has 4 N–H and O–H groups in total. The Morgan fingerprint density at radius 1 is 1.32 bits per heavy atom. The van der Waals surface area contributed by atoms with Gasteiger partial charge in [-0.2, -0.15) is 5.26 Å². The van der Waals surface area contributed by atoms with Crippen LogP contribution >= 0.6 is 23.7 Å². The number of nitrogens with two attached hydrogens (primary N) is 1. The first-order valence-corrected chi connectivity index (χ1v) is 11.8. The molecule has 31 heavy (non-hydrogen) atoms. The molecule has 7 nitrogen and oxygen atoms in total. The van der Waals surface area contributed by atoms with Gasteiger partial charge in [0.25, 0.3) is 0 Å². The predicted octanol–water partition coefficient (Wildman–Crippen LogP) is 3.41. The van der Waals surface area contributed by atoms with Crippen molar-refractivity contribution >= 4 is 40.3 Å². The van der Waals surface area contributed by atoms with Gasteiger partial charge in [-0.1, -0.05) is 35.8 Å². The van der Waals surface area contributed by atoms with Crippen LogP contribution in [0.1, 0.15) is 34.5 Å². The lowest BCUT2D eigenvalue weighted by Gasteiger charge is -2.21. The van der Waals surface area contributed by atoms with Crippen molar-refractivity contribution in [3.05, 3.63) is 64.5 Å². The summed E-state index contributed by atoms with van der Waals surface area (Å²) in [4.78, 5) is 20.1. The van der Waals surface area contributed by atoms with Crippen LogP contribution in [0.4, 0.5) is 4.79 Å². The van der Waals surface area contributed by atoms with Crippen LogP contribution in [0, 0.1) is 25.2 Å². The molecule has 0 aliphatic carbocycles. The summed E-state index contributed by atoms with van der Waals surface area (Å²) >= 11 is 2.88. The van der Waals surface area contributed by atoms with E-state index < -0.39 is 0 Å². The fourth-order valence-corrected chi connectivity index (χ4v) is 5.46. The van der Waals surface area contributed by atoms with E-state index in [0.717, 1.165) is 39.5 Å². The van der Waals surface area contributed by atoms with E-state index in [0.29, 0.717) is 18.7 Å². The number of nitriles is 1. The van der Waals surface area contributed by atoms with Crippen molar-refractivity contribution in [2.75, 3.05) is 13.1 Å². The molecule has 2 aromatic rings. The van der Waals surface area contributed by atoms with Crippen molar-refractivity contribution < 1.29 is 4.79 Å². The van der Waals surface area contributed by atoms with Gasteiger partial charge in [-0.05, 0) is 50.1 Å². The van der Waals surface area contributed by atoms with Crippen LogP contribution in [0.25, 0.3) is 10.6 Å². The molecule has 2 amide bonds. The summed E-state index contributed by atoms with van der Waals surface area (Å²) in [6, 6.07) is 13.7. The third-order valence-electron chi connectivity index (χ3n) is 5.24. The van der Waals surface area contributed by atoms with Crippen LogP contribution in [0.3, 0.4) is 0 Å². The van der Waals surface area contributed by atoms with E-state index in [1.54, 1.807) is 17.8 Å². The van der Waals surface area contributed by atoms with Crippen molar-refractivity contribution in [3.8, 4) is 6.07 Å². The molecular weight excluding hydrogens is 428 g/mol. The summed E-state index contributed by atoms with van der Waals surface area (Å²) < 4.78 is 0. The molecule has 1 aromatic heterocycles. The largest absolute Gasteiger partial charge is 0.355 e. The number of rotatable bonds is 4. The molecule has 1 fully saturated rings. The number of likely N-dealkylation sites (tertiary alicyclic amines) is 1. The molecule has 160 valence electrons. The molecular formula is C22H24N6OS2. The molecule has 3 heterocycles. The lowest BCUT2D eigenvalue weighted by molar-refractivity contribution is 0.207. The van der Waals surface area contributed by atoms with Gasteiger partial charge in [0.1, 0.15) is 0 Å². The van der Waals surface area contributed by atoms with Gasteiger partial charge in [0.2, 0.25) is 0 Å². The van der Waals surface area contributed by atoms with Crippen LogP contribution in [-0.2, 0) is 0 Å². The molecule has 1 saturated heterocycles. The second kappa shape index (κ2) is 9.22. The zero-order chi connectivity index (χ0) is 22.0. The van der Waals surface area contributed by atoms with E-state index in [-0.39, 0.29) is 16.8 Å². The molecule has 0 radical (unpaired) electrons. The highest BCUT2D eigenvalue weighted by Gasteiger charge is 2.31. The molecule has 2 aliphatic heterocycles. The van der Waals surface area contributed by atoms with E-state index in [4.69, 9.17) is 5.14 Å². The molecule has 1 aromatic carbocycles. The summed E-state index contributed by atoms with van der Waals surface area (Å²) in [7, 11) is 0. The summed E-state index contributed by atoms with van der Waals surface area (Å²) in [5.74, 6) is 0. The minimum Gasteiger partial charge on any atom is -0.355 e. The van der Waals surface area contributed by atoms with Crippen molar-refractivity contribution in [1.82, 2.24) is 20.5 Å². The first-order valence-electron chi connectivity index (χ1n) is 10.0. The number of nitrogens with zero attached hydrogens (tertiary/aromatic N) is 3. The van der Waals surface area contributed by atoms with Crippen LogP contribution in [-0.4, -0.2) is 39.8 Å². The molecule has 2 aliphatic rings. The number of nitrogens with one attached hydrogen (secondary N) is 2. The van der Waals surface area contributed by atoms with Crippen LogP contribution in [0.5, 0.6) is 0 Å². The number of hydrogen-bond acceptors (Lipinski definition) is 7. The predicted molar refractivity (Wildman–Crippen MR) is 126 cm³/mol. The minimum absolute atomic E-state index is 0.102. The number of urea groups is 1. The fraction of sp³-hybridized carbons (Fsp3) is 0.318. The first-order chi connectivity index (χ1) is 15.0. The average molecular weight is 453 g/mol. The molecule has 0 bridgehead atoms. The number of hydrogen-bond donors (Lipinski definition) is 3. The van der Waals surface area contributed by atoms with Crippen LogP contribution in [0.2, 0.25) is 0 Å². The Labute approximate surface area is 190 Å². The minimum atomic E-state index is -0.318. The monoisotopic (exact) mass is 452 g/mol. The quantitative estimate of drug-likeness (QED) is 0.610. The Bertz CT molecular complexity index is 1060. The number of carbonyl (C=O) groups is 1. The molecule has 9 heteroatoms. The van der Waals surface area contributed by atoms with Crippen molar-refractivity contribution in [1.29, 1.82) is 5.26 Å². The van der Waals surface area contributed by atoms with Crippen LogP contribution < -0.4 is 15.8 Å². The Hall–Kier alpha value is -2.67. The lowest BCUT2D eigenvalue weighted by atomic mass is 10.1. The van der Waals surface area contributed by atoms with Gasteiger partial charge < -0.3 is 15.5 Å². The molecule has 0 saturated carbocycles. The number of aromatic nitrogens is 1. The van der Waals surface area contributed by atoms with Gasteiger partial charge in [-0.3, -0.25) is 10.1 Å². The Morgan fingerprint density at radius 2 is 2.10 bits per heavy atom. The van der Waals surface area contributed by atoms with Gasteiger partial charge in [-0.15, -0.1) is 0 Å². The smallest absolute Gasteiger partial charge is 0.319 e. The molecule has 2 unspecified atom stereocenters. The lowest BCUT2D eigenvalue weighted by Crippen LogP contribution is -2.46. The zero-order valence-corrected chi connectivity index (χ0v) is 19.0. The highest BCUT2D eigenvalue weighted by Crippen LogP contribution is 2.42. The van der Waals surface area contributed by atoms with Gasteiger partial charge in [0.05, 0.1) is 17.3 Å². The maximum Gasteiger partial charge on any atom is 0.319 e. The third-order valence-corrected chi connectivity index (χ3v) is 7.16. The summed E-state index contributed by atoms with van der Waals surface area (Å²) in [6.07, 6.45) is 0.908. The summed E-state index contributed by atoms with van der Waals surface area (Å²) in [5.41, 5.74) is 4.98. The number of carbonyl (C=O) groups excluding carboxylic acids is 1. The number of amides is 2. The zero-order valence-electron chi connectivity index (χ0n) is 17.4. The van der Waals surface area contributed by atoms with Crippen molar-refractivity contribution in [3.63, 3.8) is 0 Å². The van der Waals surface area contributed by atoms with Gasteiger partial charge in [-0.25, -0.2) is 4.79 Å². The highest BCUT2D eigenvalue weighted by molar-refractivity contribution is 8.09. The Kier molecular flexibility index (Phi) is 6.41. The highest BCUT2D eigenvalue weighted by atomic mass is 32.2. The summed E-state index contributed by atoms with van der Waals surface area (Å²) in [6.45, 7) is 5.31. The normalized spacial score (nSPS) is 20.5. The van der Waals surface area contributed by atoms with E-state index in [2.05, 4.69) is 21.7 Å². The number of thioether (sulfide) groups is 1. The van der Waals surface area contributed by atoms with E-state index in [9.17, 15) is 10.1 Å². The molecule has 2 atom stereocenters. The second-order valence-corrected chi connectivity index (χ2v) is 9.67.